The highest BCUT2D eigenvalue weighted by atomic mass is 127. The van der Waals surface area contributed by atoms with Crippen LogP contribution in [-0.2, 0) is 29.4 Å². The third-order valence-electron chi connectivity index (χ3n) is 4.65. The van der Waals surface area contributed by atoms with Crippen LogP contribution in [0.2, 0.25) is 0 Å². The van der Waals surface area contributed by atoms with E-state index in [1.807, 2.05) is 6.07 Å². The summed E-state index contributed by atoms with van der Waals surface area (Å²) in [5, 5.41) is 6.54. The van der Waals surface area contributed by atoms with Crippen LogP contribution in [0, 0.1) is 0 Å². The molecule has 0 spiro atoms. The predicted molar refractivity (Wildman–Crippen MR) is 126 cm³/mol. The number of ether oxygens (including phenoxy) is 1. The van der Waals surface area contributed by atoms with Gasteiger partial charge in [-0.2, -0.15) is 0 Å². The van der Waals surface area contributed by atoms with E-state index in [-0.39, 0.29) is 28.9 Å². The Morgan fingerprint density at radius 1 is 1.10 bits per heavy atom. The van der Waals surface area contributed by atoms with Gasteiger partial charge in [-0.05, 0) is 48.4 Å². The molecule has 7 nitrogen and oxygen atoms in total. The zero-order chi connectivity index (χ0) is 20.0. The van der Waals surface area contributed by atoms with Gasteiger partial charge in [0.15, 0.2) is 5.96 Å². The van der Waals surface area contributed by atoms with E-state index < -0.39 is 10.0 Å². The van der Waals surface area contributed by atoms with Gasteiger partial charge in [0.25, 0.3) is 0 Å². The molecule has 1 aliphatic heterocycles. The summed E-state index contributed by atoms with van der Waals surface area (Å²) >= 11 is 0. The average Bonchev–Trinajstić information content (AvgIpc) is 3.18. The van der Waals surface area contributed by atoms with E-state index in [1.165, 1.54) is 18.2 Å². The minimum atomic E-state index is -3.41. The van der Waals surface area contributed by atoms with E-state index in [2.05, 4.69) is 32.5 Å². The van der Waals surface area contributed by atoms with E-state index in [9.17, 15) is 8.42 Å². The lowest BCUT2D eigenvalue weighted by Gasteiger charge is -2.12. The van der Waals surface area contributed by atoms with Gasteiger partial charge in [-0.1, -0.05) is 24.3 Å². The number of rotatable bonds is 7. The number of sulfonamides is 1. The molecular formula is C20H27IN4O3S. The van der Waals surface area contributed by atoms with Crippen molar-refractivity contribution in [2.24, 2.45) is 4.99 Å². The Morgan fingerprint density at radius 3 is 2.52 bits per heavy atom. The Labute approximate surface area is 189 Å². The molecule has 0 fully saturated rings. The van der Waals surface area contributed by atoms with Gasteiger partial charge >= 0.3 is 0 Å². The summed E-state index contributed by atoms with van der Waals surface area (Å²) in [5.41, 5.74) is 3.52. The van der Waals surface area contributed by atoms with Crippen molar-refractivity contribution in [3.8, 4) is 5.75 Å². The average molecular weight is 530 g/mol. The second-order valence-electron chi connectivity index (χ2n) is 6.49. The van der Waals surface area contributed by atoms with Crippen LogP contribution in [0.25, 0.3) is 0 Å². The summed E-state index contributed by atoms with van der Waals surface area (Å²) in [4.78, 5) is 4.48. The molecule has 0 radical (unpaired) electrons. The van der Waals surface area contributed by atoms with Crippen molar-refractivity contribution in [2.75, 3.05) is 27.2 Å². The molecule has 0 bridgehead atoms. The first-order valence-electron chi connectivity index (χ1n) is 9.23. The Morgan fingerprint density at radius 2 is 1.83 bits per heavy atom. The maximum Gasteiger partial charge on any atom is 0.240 e. The molecule has 29 heavy (non-hydrogen) atoms. The minimum Gasteiger partial charge on any atom is -0.493 e. The van der Waals surface area contributed by atoms with Crippen molar-refractivity contribution < 1.29 is 13.2 Å². The van der Waals surface area contributed by atoms with Crippen molar-refractivity contribution in [3.05, 3.63) is 59.2 Å². The molecule has 0 aromatic heterocycles. The van der Waals surface area contributed by atoms with Crippen LogP contribution in [0.1, 0.15) is 16.7 Å². The van der Waals surface area contributed by atoms with Gasteiger partial charge in [0.1, 0.15) is 5.75 Å². The zero-order valence-corrected chi connectivity index (χ0v) is 19.7. The quantitative estimate of drug-likeness (QED) is 0.290. The van der Waals surface area contributed by atoms with Crippen LogP contribution >= 0.6 is 24.0 Å². The first kappa shape index (κ1) is 23.4. The molecule has 0 unspecified atom stereocenters. The summed E-state index contributed by atoms with van der Waals surface area (Å²) in [5.74, 6) is 1.71. The zero-order valence-electron chi connectivity index (χ0n) is 16.6. The van der Waals surface area contributed by atoms with Gasteiger partial charge in [-0.25, -0.2) is 13.1 Å². The number of guanidine groups is 1. The van der Waals surface area contributed by atoms with Gasteiger partial charge in [0.05, 0.1) is 11.5 Å². The minimum absolute atomic E-state index is 0. The van der Waals surface area contributed by atoms with Crippen LogP contribution in [0.3, 0.4) is 0 Å². The summed E-state index contributed by atoms with van der Waals surface area (Å²) in [6.45, 7) is 2.09. The number of aliphatic imine (C=N–C) groups is 1. The highest BCUT2D eigenvalue weighted by Gasteiger charge is 2.12. The summed E-state index contributed by atoms with van der Waals surface area (Å²) in [6.07, 6.45) is 1.87. The maximum absolute atomic E-state index is 11.8. The molecule has 2 aromatic rings. The van der Waals surface area contributed by atoms with Gasteiger partial charge in [-0.3, -0.25) is 4.99 Å². The summed E-state index contributed by atoms with van der Waals surface area (Å²) in [7, 11) is -0.281. The lowest BCUT2D eigenvalue weighted by Crippen LogP contribution is -2.37. The van der Waals surface area contributed by atoms with E-state index >= 15 is 0 Å². The largest absolute Gasteiger partial charge is 0.493 e. The van der Waals surface area contributed by atoms with E-state index in [0.717, 1.165) is 37.3 Å². The first-order chi connectivity index (χ1) is 13.5. The van der Waals surface area contributed by atoms with E-state index in [4.69, 9.17) is 4.74 Å². The van der Waals surface area contributed by atoms with Gasteiger partial charge in [0, 0.05) is 26.6 Å². The van der Waals surface area contributed by atoms with Crippen molar-refractivity contribution in [1.82, 2.24) is 15.4 Å². The fraction of sp³-hybridized carbons (Fsp3) is 0.350. The lowest BCUT2D eigenvalue weighted by molar-refractivity contribution is 0.357. The predicted octanol–water partition coefficient (Wildman–Crippen LogP) is 2.06. The highest BCUT2D eigenvalue weighted by molar-refractivity contribution is 14.0. The van der Waals surface area contributed by atoms with Gasteiger partial charge in [0.2, 0.25) is 10.0 Å². The summed E-state index contributed by atoms with van der Waals surface area (Å²) in [6, 6.07) is 13.1. The van der Waals surface area contributed by atoms with Crippen molar-refractivity contribution in [3.63, 3.8) is 0 Å². The van der Waals surface area contributed by atoms with E-state index in [0.29, 0.717) is 12.5 Å². The van der Waals surface area contributed by atoms with Crippen molar-refractivity contribution >= 4 is 40.0 Å². The molecule has 0 aliphatic carbocycles. The fourth-order valence-electron chi connectivity index (χ4n) is 3.03. The highest BCUT2D eigenvalue weighted by Crippen LogP contribution is 2.25. The number of nitrogens with one attached hydrogen (secondary N) is 3. The van der Waals surface area contributed by atoms with Crippen LogP contribution in [-0.4, -0.2) is 41.6 Å². The van der Waals surface area contributed by atoms with Crippen molar-refractivity contribution in [2.45, 2.75) is 24.3 Å². The Balaban J connectivity index is 0.00000300. The standard InChI is InChI=1S/C20H26N4O3S.HI/c1-21-20(23-11-9-15-5-8-19-17(13-15)10-12-27-19)24-14-16-3-6-18(7-4-16)28(25,26)22-2;/h3-8,13,22H,9-12,14H2,1-2H3,(H2,21,23,24);1H. The lowest BCUT2D eigenvalue weighted by atomic mass is 10.1. The number of benzene rings is 2. The topological polar surface area (TPSA) is 91.8 Å². The SMILES string of the molecule is CN=C(NCCc1ccc2c(c1)CCO2)NCc1ccc(S(=O)(=O)NC)cc1.I. The molecule has 0 atom stereocenters. The number of hydrogen-bond acceptors (Lipinski definition) is 4. The smallest absolute Gasteiger partial charge is 0.240 e. The molecule has 0 amide bonds. The molecule has 3 rings (SSSR count). The molecule has 3 N–H and O–H groups in total. The molecular weight excluding hydrogens is 503 g/mol. The van der Waals surface area contributed by atoms with Gasteiger partial charge < -0.3 is 15.4 Å². The van der Waals surface area contributed by atoms with Crippen LogP contribution < -0.4 is 20.1 Å². The molecule has 9 heteroatoms. The number of fused-ring (bicyclic) bond motifs is 1. The molecule has 0 saturated carbocycles. The van der Waals surface area contributed by atoms with Crippen LogP contribution in [0.4, 0.5) is 0 Å². The fourth-order valence-corrected chi connectivity index (χ4v) is 3.76. The maximum atomic E-state index is 11.8. The Kier molecular flexibility index (Phi) is 8.72. The van der Waals surface area contributed by atoms with Gasteiger partial charge in [-0.15, -0.1) is 24.0 Å². The van der Waals surface area contributed by atoms with E-state index in [1.54, 1.807) is 31.3 Å². The molecule has 1 aliphatic rings. The van der Waals surface area contributed by atoms with Crippen LogP contribution in [0.5, 0.6) is 5.75 Å². The molecule has 1 heterocycles. The molecule has 158 valence electrons. The first-order valence-corrected chi connectivity index (χ1v) is 10.7. The Bertz CT molecular complexity index is 947. The normalized spacial score (nSPS) is 13.2. The number of nitrogens with zero attached hydrogens (tertiary/aromatic N) is 1. The summed E-state index contributed by atoms with van der Waals surface area (Å²) < 4.78 is 31.4. The van der Waals surface area contributed by atoms with Crippen LogP contribution in [0.15, 0.2) is 52.4 Å². The number of halogens is 1. The molecule has 2 aromatic carbocycles. The van der Waals surface area contributed by atoms with Crippen molar-refractivity contribution in [1.29, 1.82) is 0 Å². The molecule has 0 saturated heterocycles. The monoisotopic (exact) mass is 530 g/mol. The third-order valence-corrected chi connectivity index (χ3v) is 6.08. The third kappa shape index (κ3) is 6.31. The number of hydrogen-bond donors (Lipinski definition) is 3. The second-order valence-corrected chi connectivity index (χ2v) is 8.38. The Hall–Kier alpha value is -1.85. The second kappa shape index (κ2) is 10.8.